The molecular weight excluding hydrogens is 508 g/mol. The first kappa shape index (κ1) is 32.6. The summed E-state index contributed by atoms with van der Waals surface area (Å²) in [4.78, 5) is 25.5. The van der Waals surface area contributed by atoms with Gasteiger partial charge in [-0.25, -0.2) is 4.79 Å². The molecule has 2 aromatic rings. The van der Waals surface area contributed by atoms with Crippen LogP contribution in [0.5, 0.6) is 11.5 Å². The molecular formula is C37H52O4. The number of ketones is 1. The molecule has 0 N–H and O–H groups in total. The molecule has 0 fully saturated rings. The van der Waals surface area contributed by atoms with Crippen molar-refractivity contribution in [2.45, 2.75) is 130 Å². The van der Waals surface area contributed by atoms with Gasteiger partial charge in [-0.05, 0) is 92.6 Å². The zero-order valence-electron chi connectivity index (χ0n) is 25.8. The van der Waals surface area contributed by atoms with Crippen LogP contribution < -0.4 is 9.47 Å². The van der Waals surface area contributed by atoms with Crippen molar-refractivity contribution in [3.8, 4) is 11.5 Å². The predicted octanol–water partition coefficient (Wildman–Crippen LogP) is 10.5. The molecule has 0 aliphatic heterocycles. The molecule has 4 heteroatoms. The molecule has 2 unspecified atom stereocenters. The van der Waals surface area contributed by atoms with Crippen molar-refractivity contribution in [1.82, 2.24) is 0 Å². The number of carbonyl (C=O) groups excluding carboxylic acids is 2. The summed E-state index contributed by atoms with van der Waals surface area (Å²) < 4.78 is 11.6. The van der Waals surface area contributed by atoms with E-state index in [-0.39, 0.29) is 17.8 Å². The van der Waals surface area contributed by atoms with Gasteiger partial charge in [0.15, 0.2) is 5.78 Å². The average Bonchev–Trinajstić information content (AvgIpc) is 2.98. The van der Waals surface area contributed by atoms with Gasteiger partial charge in [0, 0.05) is 5.92 Å². The zero-order valence-corrected chi connectivity index (χ0v) is 25.8. The van der Waals surface area contributed by atoms with E-state index in [1.165, 1.54) is 70.6 Å². The predicted molar refractivity (Wildman–Crippen MR) is 170 cm³/mol. The maximum absolute atomic E-state index is 12.8. The van der Waals surface area contributed by atoms with Crippen LogP contribution in [0.2, 0.25) is 0 Å². The summed E-state index contributed by atoms with van der Waals surface area (Å²) >= 11 is 0. The molecule has 0 heterocycles. The Balaban J connectivity index is 1.41. The Labute approximate surface area is 248 Å². The molecule has 0 bridgehead atoms. The first-order valence-electron chi connectivity index (χ1n) is 16.3. The third kappa shape index (κ3) is 11.9. The fourth-order valence-electron chi connectivity index (χ4n) is 5.60. The van der Waals surface area contributed by atoms with Gasteiger partial charge in [-0.1, -0.05) is 96.6 Å². The molecule has 0 spiro atoms. The molecule has 2 atom stereocenters. The number of rotatable bonds is 19. The Morgan fingerprint density at radius 1 is 0.780 bits per heavy atom. The monoisotopic (exact) mass is 560 g/mol. The number of carbonyl (C=O) groups is 2. The van der Waals surface area contributed by atoms with Gasteiger partial charge >= 0.3 is 5.97 Å². The molecule has 0 saturated carbocycles. The van der Waals surface area contributed by atoms with E-state index in [1.54, 1.807) is 24.3 Å². The highest BCUT2D eigenvalue weighted by Crippen LogP contribution is 2.31. The summed E-state index contributed by atoms with van der Waals surface area (Å²) in [5.41, 5.74) is 2.56. The zero-order chi connectivity index (χ0) is 29.3. The molecule has 2 aromatic carbocycles. The molecule has 3 rings (SSSR count). The topological polar surface area (TPSA) is 52.6 Å². The van der Waals surface area contributed by atoms with Gasteiger partial charge in [-0.2, -0.15) is 0 Å². The SMILES string of the molecule is CCCCCCCCCCC1CCC(c2ccc(C(=O)Oc3ccc(OC(C)CCCCCC)cc3)cc2)=CC1=O. The third-order valence-electron chi connectivity index (χ3n) is 8.21. The number of hydrogen-bond donors (Lipinski definition) is 0. The standard InChI is InChI=1S/C37H52O4/c1-4-6-8-10-11-12-13-15-17-31-20-23-33(28-36(31)38)30-18-21-32(22-19-30)37(39)41-35-26-24-34(25-27-35)40-29(3)16-14-9-7-5-2/h18-19,21-22,24-29,31H,4-17,20,23H2,1-3H3. The first-order valence-corrected chi connectivity index (χ1v) is 16.3. The van der Waals surface area contributed by atoms with Gasteiger partial charge in [0.05, 0.1) is 11.7 Å². The van der Waals surface area contributed by atoms with E-state index in [4.69, 9.17) is 9.47 Å². The lowest BCUT2D eigenvalue weighted by molar-refractivity contribution is -0.118. The number of unbranched alkanes of at least 4 members (excludes halogenated alkanes) is 10. The van der Waals surface area contributed by atoms with Crippen molar-refractivity contribution < 1.29 is 19.1 Å². The summed E-state index contributed by atoms with van der Waals surface area (Å²) in [6, 6.07) is 14.7. The van der Waals surface area contributed by atoms with E-state index in [0.29, 0.717) is 11.3 Å². The Hall–Kier alpha value is -2.88. The van der Waals surface area contributed by atoms with Crippen LogP contribution >= 0.6 is 0 Å². The van der Waals surface area contributed by atoms with Crippen LogP contribution in [-0.4, -0.2) is 17.9 Å². The number of allylic oxidation sites excluding steroid dienone is 2. The fraction of sp³-hybridized carbons (Fsp3) is 0.568. The van der Waals surface area contributed by atoms with Crippen molar-refractivity contribution in [3.63, 3.8) is 0 Å². The van der Waals surface area contributed by atoms with E-state index in [9.17, 15) is 9.59 Å². The summed E-state index contributed by atoms with van der Waals surface area (Å²) in [5.74, 6) is 1.31. The highest BCUT2D eigenvalue weighted by molar-refractivity contribution is 6.00. The number of esters is 1. The summed E-state index contributed by atoms with van der Waals surface area (Å²) in [6.07, 6.45) is 21.1. The Morgan fingerprint density at radius 2 is 1.37 bits per heavy atom. The van der Waals surface area contributed by atoms with Gasteiger partial charge in [0.1, 0.15) is 11.5 Å². The molecule has 224 valence electrons. The van der Waals surface area contributed by atoms with Gasteiger partial charge in [0.2, 0.25) is 0 Å². The molecule has 0 aromatic heterocycles. The fourth-order valence-corrected chi connectivity index (χ4v) is 5.60. The van der Waals surface area contributed by atoms with Crippen LogP contribution in [-0.2, 0) is 4.79 Å². The van der Waals surface area contributed by atoms with Gasteiger partial charge in [0.25, 0.3) is 0 Å². The highest BCUT2D eigenvalue weighted by atomic mass is 16.5. The number of hydrogen-bond acceptors (Lipinski definition) is 4. The van der Waals surface area contributed by atoms with Crippen LogP contribution in [0, 0.1) is 5.92 Å². The van der Waals surface area contributed by atoms with Crippen LogP contribution in [0.15, 0.2) is 54.6 Å². The molecule has 1 aliphatic carbocycles. The van der Waals surface area contributed by atoms with E-state index >= 15 is 0 Å². The molecule has 0 saturated heterocycles. The van der Waals surface area contributed by atoms with Gasteiger partial charge in [-0.3, -0.25) is 4.79 Å². The van der Waals surface area contributed by atoms with Crippen LogP contribution in [0.3, 0.4) is 0 Å². The molecule has 1 aliphatic rings. The lowest BCUT2D eigenvalue weighted by atomic mass is 9.83. The first-order chi connectivity index (χ1) is 20.0. The summed E-state index contributed by atoms with van der Waals surface area (Å²) in [7, 11) is 0. The lowest BCUT2D eigenvalue weighted by Crippen LogP contribution is -2.17. The van der Waals surface area contributed by atoms with Gasteiger partial charge in [-0.15, -0.1) is 0 Å². The minimum Gasteiger partial charge on any atom is -0.491 e. The minimum atomic E-state index is -0.395. The quantitative estimate of drug-likeness (QED) is 0.0974. The summed E-state index contributed by atoms with van der Waals surface area (Å²) in [6.45, 7) is 6.56. The van der Waals surface area contributed by atoms with Crippen molar-refractivity contribution in [1.29, 1.82) is 0 Å². The van der Waals surface area contributed by atoms with Crippen molar-refractivity contribution in [2.75, 3.05) is 0 Å². The van der Waals surface area contributed by atoms with E-state index in [2.05, 4.69) is 20.8 Å². The smallest absolute Gasteiger partial charge is 0.343 e. The molecule has 41 heavy (non-hydrogen) atoms. The lowest BCUT2D eigenvalue weighted by Gasteiger charge is -2.21. The average molecular weight is 561 g/mol. The van der Waals surface area contributed by atoms with E-state index in [1.807, 2.05) is 30.3 Å². The van der Waals surface area contributed by atoms with Crippen molar-refractivity contribution in [2.24, 2.45) is 5.92 Å². The maximum atomic E-state index is 12.8. The van der Waals surface area contributed by atoms with E-state index in [0.717, 1.165) is 49.0 Å². The Morgan fingerprint density at radius 3 is 2.00 bits per heavy atom. The number of benzene rings is 2. The van der Waals surface area contributed by atoms with Crippen LogP contribution in [0.1, 0.15) is 139 Å². The Kier molecular flexibility index (Phi) is 14.7. The largest absolute Gasteiger partial charge is 0.491 e. The number of ether oxygens (including phenoxy) is 2. The highest BCUT2D eigenvalue weighted by Gasteiger charge is 2.22. The van der Waals surface area contributed by atoms with Crippen molar-refractivity contribution >= 4 is 17.3 Å². The van der Waals surface area contributed by atoms with Crippen LogP contribution in [0.4, 0.5) is 0 Å². The van der Waals surface area contributed by atoms with Crippen LogP contribution in [0.25, 0.3) is 5.57 Å². The minimum absolute atomic E-state index is 0.161. The van der Waals surface area contributed by atoms with E-state index < -0.39 is 5.97 Å². The summed E-state index contributed by atoms with van der Waals surface area (Å²) in [5, 5.41) is 0. The Bertz CT molecular complexity index is 1070. The second kappa shape index (κ2) is 18.5. The normalized spacial score (nSPS) is 15.8. The van der Waals surface area contributed by atoms with Gasteiger partial charge < -0.3 is 9.47 Å². The molecule has 0 radical (unpaired) electrons. The third-order valence-corrected chi connectivity index (χ3v) is 8.21. The second-order valence-electron chi connectivity index (χ2n) is 11.8. The molecule has 0 amide bonds. The second-order valence-corrected chi connectivity index (χ2v) is 11.8. The van der Waals surface area contributed by atoms with Crippen molar-refractivity contribution in [3.05, 3.63) is 65.7 Å². The molecule has 4 nitrogen and oxygen atoms in total. The maximum Gasteiger partial charge on any atom is 0.343 e.